The van der Waals surface area contributed by atoms with Crippen molar-refractivity contribution >= 4 is 12.2 Å². The van der Waals surface area contributed by atoms with Crippen LogP contribution in [0, 0.1) is 5.92 Å². The number of carbonyl (C=O) groups excluding carboxylic acids is 1. The molecule has 1 fully saturated rings. The fourth-order valence-electron chi connectivity index (χ4n) is 2.48. The molecule has 4 nitrogen and oxygen atoms in total. The minimum absolute atomic E-state index is 0. The van der Waals surface area contributed by atoms with Crippen LogP contribution in [0.1, 0.15) is 38.5 Å². The van der Waals surface area contributed by atoms with E-state index in [2.05, 4.69) is 10.3 Å². The minimum Gasteiger partial charge on any atom is -1.00 e. The van der Waals surface area contributed by atoms with E-state index in [0.29, 0.717) is 0 Å². The molecule has 18 heavy (non-hydrogen) atoms. The summed E-state index contributed by atoms with van der Waals surface area (Å²) < 4.78 is 0. The van der Waals surface area contributed by atoms with Crippen LogP contribution in [0.25, 0.3) is 0 Å². The molecular formula is C13H22ClN3O. The number of rotatable bonds is 5. The van der Waals surface area contributed by atoms with Crippen molar-refractivity contribution in [3.8, 4) is 0 Å². The van der Waals surface area contributed by atoms with Crippen LogP contribution in [-0.4, -0.2) is 25.3 Å². The average Bonchev–Trinajstić information content (AvgIpc) is 2.88. The van der Waals surface area contributed by atoms with Gasteiger partial charge in [-0.15, -0.1) is 0 Å². The third-order valence-corrected chi connectivity index (χ3v) is 3.53. The number of hydrogen-bond acceptors (Lipinski definition) is 2. The van der Waals surface area contributed by atoms with E-state index in [9.17, 15) is 4.79 Å². The normalized spacial score (nSPS) is 22.8. The maximum atomic E-state index is 11.8. The molecule has 0 saturated heterocycles. The maximum Gasteiger partial charge on any atom is 0.223 e. The van der Waals surface area contributed by atoms with Gasteiger partial charge >= 0.3 is 0 Å². The van der Waals surface area contributed by atoms with Gasteiger partial charge in [-0.25, -0.2) is 4.99 Å². The molecule has 5 heteroatoms. The van der Waals surface area contributed by atoms with Crippen LogP contribution in [0.15, 0.2) is 17.4 Å². The quantitative estimate of drug-likeness (QED) is 0.533. The van der Waals surface area contributed by atoms with E-state index >= 15 is 0 Å². The molecule has 2 rings (SSSR count). The van der Waals surface area contributed by atoms with E-state index in [4.69, 9.17) is 0 Å². The lowest BCUT2D eigenvalue weighted by Crippen LogP contribution is -3.05. The summed E-state index contributed by atoms with van der Waals surface area (Å²) in [5.74, 6) is 0.551. The first-order valence-corrected chi connectivity index (χ1v) is 6.69. The molecule has 0 spiro atoms. The van der Waals surface area contributed by atoms with Crippen molar-refractivity contribution in [1.82, 2.24) is 5.32 Å². The predicted octanol–water partition coefficient (Wildman–Crippen LogP) is -2.52. The van der Waals surface area contributed by atoms with Crippen LogP contribution in [0.2, 0.25) is 0 Å². The summed E-state index contributed by atoms with van der Waals surface area (Å²) in [4.78, 5) is 17.1. The van der Waals surface area contributed by atoms with Crippen LogP contribution in [0.4, 0.5) is 0 Å². The van der Waals surface area contributed by atoms with Crippen molar-refractivity contribution in [3.63, 3.8) is 0 Å². The average molecular weight is 272 g/mol. The fraction of sp³-hybridized carbons (Fsp3) is 0.692. The Labute approximate surface area is 115 Å². The van der Waals surface area contributed by atoms with Gasteiger partial charge in [-0.2, -0.15) is 0 Å². The number of quaternary nitrogens is 1. The van der Waals surface area contributed by atoms with Gasteiger partial charge in [0.15, 0.2) is 6.34 Å². The van der Waals surface area contributed by atoms with Crippen molar-refractivity contribution < 1.29 is 22.1 Å². The van der Waals surface area contributed by atoms with Gasteiger partial charge in [0.2, 0.25) is 5.91 Å². The first kappa shape index (κ1) is 15.2. The molecule has 0 radical (unpaired) electrons. The first-order chi connectivity index (χ1) is 8.36. The summed E-state index contributed by atoms with van der Waals surface area (Å²) in [5, 5.41) is 3.06. The Bertz CT molecular complexity index is 299. The van der Waals surface area contributed by atoms with E-state index in [0.717, 1.165) is 32.4 Å². The van der Waals surface area contributed by atoms with Crippen molar-refractivity contribution in [2.45, 2.75) is 38.5 Å². The lowest BCUT2D eigenvalue weighted by Gasteiger charge is -2.20. The third kappa shape index (κ3) is 4.78. The number of nitrogens with zero attached hydrogens (tertiary/aromatic N) is 1. The minimum atomic E-state index is 0. The lowest BCUT2D eigenvalue weighted by molar-refractivity contribution is -0.736. The summed E-state index contributed by atoms with van der Waals surface area (Å²) in [6.07, 6.45) is 12.6. The van der Waals surface area contributed by atoms with E-state index in [1.165, 1.54) is 24.2 Å². The Kier molecular flexibility index (Phi) is 6.98. The Morgan fingerprint density at radius 3 is 2.78 bits per heavy atom. The van der Waals surface area contributed by atoms with Crippen molar-refractivity contribution in [1.29, 1.82) is 0 Å². The highest BCUT2D eigenvalue weighted by atomic mass is 35.5. The molecule has 0 aromatic rings. The molecule has 102 valence electrons. The van der Waals surface area contributed by atoms with Gasteiger partial charge in [-0.1, -0.05) is 19.3 Å². The molecule has 1 saturated carbocycles. The monoisotopic (exact) mass is 271 g/mol. The number of nitrogens with one attached hydrogen (secondary N) is 2. The third-order valence-electron chi connectivity index (χ3n) is 3.53. The Hall–Kier alpha value is -0.870. The Balaban J connectivity index is 0.00000162. The molecule has 1 aliphatic carbocycles. The summed E-state index contributed by atoms with van der Waals surface area (Å²) in [6.45, 7) is 1.80. The van der Waals surface area contributed by atoms with Crippen LogP contribution in [0.5, 0.6) is 0 Å². The van der Waals surface area contributed by atoms with Crippen molar-refractivity contribution in [2.75, 3.05) is 13.1 Å². The Morgan fingerprint density at radius 1 is 1.33 bits per heavy atom. The highest BCUT2D eigenvalue weighted by Crippen LogP contribution is 2.23. The zero-order valence-corrected chi connectivity index (χ0v) is 11.5. The molecule has 1 atom stereocenters. The van der Waals surface area contributed by atoms with Gasteiger partial charge in [0.1, 0.15) is 6.20 Å². The van der Waals surface area contributed by atoms with E-state index < -0.39 is 0 Å². The number of carbonyl (C=O) groups is 1. The molecule has 0 bridgehead atoms. The van der Waals surface area contributed by atoms with E-state index in [1.54, 1.807) is 0 Å². The molecule has 1 aliphatic heterocycles. The lowest BCUT2D eigenvalue weighted by atomic mass is 9.89. The largest absolute Gasteiger partial charge is 1.00 e. The molecule has 2 N–H and O–H groups in total. The van der Waals surface area contributed by atoms with Crippen LogP contribution in [-0.2, 0) is 4.79 Å². The van der Waals surface area contributed by atoms with Gasteiger partial charge in [0.05, 0.1) is 12.7 Å². The van der Waals surface area contributed by atoms with Crippen LogP contribution >= 0.6 is 0 Å². The fourth-order valence-corrected chi connectivity index (χ4v) is 2.48. The second kappa shape index (κ2) is 8.27. The Morgan fingerprint density at radius 2 is 2.11 bits per heavy atom. The van der Waals surface area contributed by atoms with E-state index in [-0.39, 0.29) is 24.2 Å². The van der Waals surface area contributed by atoms with Crippen LogP contribution in [0.3, 0.4) is 0 Å². The molecule has 1 heterocycles. The van der Waals surface area contributed by atoms with Gasteiger partial charge in [-0.05, 0) is 12.8 Å². The zero-order chi connectivity index (χ0) is 11.9. The number of hydrogen-bond donors (Lipinski definition) is 2. The van der Waals surface area contributed by atoms with Gasteiger partial charge in [0, 0.05) is 18.9 Å². The number of aliphatic imine (C=N–C) groups is 1. The molecule has 2 aliphatic rings. The zero-order valence-electron chi connectivity index (χ0n) is 10.7. The maximum absolute atomic E-state index is 11.8. The van der Waals surface area contributed by atoms with Crippen molar-refractivity contribution in [2.24, 2.45) is 10.9 Å². The van der Waals surface area contributed by atoms with Crippen molar-refractivity contribution in [3.05, 3.63) is 12.4 Å². The smallest absolute Gasteiger partial charge is 0.223 e. The second-order valence-electron chi connectivity index (χ2n) is 4.90. The summed E-state index contributed by atoms with van der Waals surface area (Å²) >= 11 is 0. The van der Waals surface area contributed by atoms with Gasteiger partial charge in [0.25, 0.3) is 0 Å². The SMILES string of the molecule is O=C(NCCC[NH+]1C=CN=C1)C1CCCCC1.[Cl-]. The molecule has 1 amide bonds. The summed E-state index contributed by atoms with van der Waals surface area (Å²) in [5.41, 5.74) is 0. The molecule has 0 aromatic heterocycles. The molecule has 1 unspecified atom stereocenters. The van der Waals surface area contributed by atoms with Gasteiger partial charge in [-0.3, -0.25) is 9.69 Å². The van der Waals surface area contributed by atoms with Crippen LogP contribution < -0.4 is 22.6 Å². The summed E-state index contributed by atoms with van der Waals surface area (Å²) in [6, 6.07) is 0. The first-order valence-electron chi connectivity index (χ1n) is 6.69. The highest BCUT2D eigenvalue weighted by molar-refractivity contribution is 5.78. The molecule has 0 aromatic carbocycles. The standard InChI is InChI=1S/C13H21N3O.ClH/c17-13(12-5-2-1-3-6-12)15-7-4-9-16-10-8-14-11-16;/h8,10-12H,1-7,9H2,(H,15,17);1H. The number of halogens is 1. The second-order valence-corrected chi connectivity index (χ2v) is 4.90. The van der Waals surface area contributed by atoms with E-state index in [1.807, 2.05) is 18.7 Å². The summed E-state index contributed by atoms with van der Waals surface area (Å²) in [7, 11) is 0. The highest BCUT2D eigenvalue weighted by Gasteiger charge is 2.20. The topological polar surface area (TPSA) is 45.9 Å². The molecular weight excluding hydrogens is 250 g/mol. The number of amides is 1. The predicted molar refractivity (Wildman–Crippen MR) is 67.7 cm³/mol. The van der Waals surface area contributed by atoms with Gasteiger partial charge < -0.3 is 17.7 Å².